The predicted molar refractivity (Wildman–Crippen MR) is 66.8 cm³/mol. The Hall–Kier alpha value is -1.84. The van der Waals surface area contributed by atoms with E-state index in [0.29, 0.717) is 13.0 Å². The molecule has 0 aliphatic heterocycles. The van der Waals surface area contributed by atoms with Gasteiger partial charge in [-0.1, -0.05) is 5.16 Å². The fraction of sp³-hybridized carbons (Fsp3) is 0.429. The molecule has 0 fully saturated rings. The molecule has 4 heteroatoms. The molecule has 2 aromatic rings. The van der Waals surface area contributed by atoms with Gasteiger partial charge in [0.05, 0.1) is 6.54 Å². The van der Waals surface area contributed by atoms with Crippen LogP contribution in [0, 0.1) is 13.8 Å². The number of Topliss-reactive ketones (excluding diaryl/α,β-unsaturated/α-hetero) is 1. The lowest BCUT2D eigenvalue weighted by atomic mass is 9.96. The minimum Gasteiger partial charge on any atom is -0.361 e. The lowest BCUT2D eigenvalue weighted by molar-refractivity contribution is 0.0972. The second-order valence-corrected chi connectivity index (χ2v) is 4.94. The number of carbonyl (C=O) groups excluding carboxylic acids is 1. The van der Waals surface area contributed by atoms with Crippen molar-refractivity contribution in [3.8, 4) is 0 Å². The van der Waals surface area contributed by atoms with E-state index in [1.165, 1.54) is 0 Å². The molecule has 1 aliphatic rings. The minimum absolute atomic E-state index is 0.273. The second kappa shape index (κ2) is 4.12. The Balaban J connectivity index is 1.99. The van der Waals surface area contributed by atoms with Crippen LogP contribution in [0.5, 0.6) is 0 Å². The van der Waals surface area contributed by atoms with Crippen molar-refractivity contribution >= 4 is 5.78 Å². The molecular weight excluding hydrogens is 228 g/mol. The summed E-state index contributed by atoms with van der Waals surface area (Å²) in [6.07, 6.45) is 2.61. The highest BCUT2D eigenvalue weighted by molar-refractivity contribution is 5.98. The van der Waals surface area contributed by atoms with Crippen LogP contribution in [0.4, 0.5) is 0 Å². The van der Waals surface area contributed by atoms with Crippen LogP contribution in [-0.2, 0) is 13.0 Å². The molecule has 0 radical (unpaired) electrons. The molecule has 0 aromatic carbocycles. The van der Waals surface area contributed by atoms with Gasteiger partial charge in [0.2, 0.25) is 0 Å². The molecular formula is C14H16N2O2. The molecule has 0 bridgehead atoms. The van der Waals surface area contributed by atoms with E-state index in [1.807, 2.05) is 26.0 Å². The van der Waals surface area contributed by atoms with Crippen molar-refractivity contribution in [3.63, 3.8) is 0 Å². The highest BCUT2D eigenvalue weighted by atomic mass is 16.5. The molecule has 0 N–H and O–H groups in total. The van der Waals surface area contributed by atoms with Gasteiger partial charge in [-0.15, -0.1) is 0 Å². The molecule has 0 saturated heterocycles. The van der Waals surface area contributed by atoms with Crippen LogP contribution in [0.25, 0.3) is 0 Å². The van der Waals surface area contributed by atoms with E-state index in [9.17, 15) is 4.79 Å². The number of aromatic nitrogens is 2. The zero-order valence-electron chi connectivity index (χ0n) is 10.7. The quantitative estimate of drug-likeness (QED) is 0.816. The number of hydrogen-bond acceptors (Lipinski definition) is 3. The summed E-state index contributed by atoms with van der Waals surface area (Å²) in [6.45, 7) is 4.61. The van der Waals surface area contributed by atoms with E-state index in [1.54, 1.807) is 0 Å². The van der Waals surface area contributed by atoms with Crippen LogP contribution in [0.2, 0.25) is 0 Å². The average Bonchev–Trinajstić information content (AvgIpc) is 2.87. The van der Waals surface area contributed by atoms with Gasteiger partial charge in [0.1, 0.15) is 11.5 Å². The normalized spacial score (nSPS) is 14.9. The van der Waals surface area contributed by atoms with Gasteiger partial charge in [0.25, 0.3) is 0 Å². The fourth-order valence-electron chi connectivity index (χ4n) is 2.67. The summed E-state index contributed by atoms with van der Waals surface area (Å²) >= 11 is 0. The number of rotatable bonds is 2. The third-order valence-corrected chi connectivity index (χ3v) is 3.53. The molecule has 1 aliphatic carbocycles. The summed E-state index contributed by atoms with van der Waals surface area (Å²) in [5, 5.41) is 4.02. The molecule has 2 aromatic heterocycles. The van der Waals surface area contributed by atoms with Crippen molar-refractivity contribution in [2.45, 2.75) is 39.7 Å². The summed E-state index contributed by atoms with van der Waals surface area (Å²) in [6, 6.07) is 3.94. The first kappa shape index (κ1) is 11.3. The topological polar surface area (TPSA) is 48.0 Å². The monoisotopic (exact) mass is 244 g/mol. The van der Waals surface area contributed by atoms with Crippen LogP contribution in [0.15, 0.2) is 16.7 Å². The summed E-state index contributed by atoms with van der Waals surface area (Å²) in [7, 11) is 0. The molecule has 3 rings (SSSR count). The molecule has 94 valence electrons. The Morgan fingerprint density at radius 1 is 1.33 bits per heavy atom. The van der Waals surface area contributed by atoms with E-state index >= 15 is 0 Å². The van der Waals surface area contributed by atoms with Gasteiger partial charge < -0.3 is 9.09 Å². The van der Waals surface area contributed by atoms with E-state index < -0.39 is 0 Å². The van der Waals surface area contributed by atoms with Crippen molar-refractivity contribution in [2.75, 3.05) is 0 Å². The summed E-state index contributed by atoms with van der Waals surface area (Å²) in [4.78, 5) is 11.9. The van der Waals surface area contributed by atoms with E-state index in [-0.39, 0.29) is 5.78 Å². The standard InChI is InChI=1S/C14H16N2O2/c1-9-6-12-13(4-3-5-14(12)17)16(9)8-11-7-10(2)18-15-11/h6-7H,3-5,8H2,1-2H3. The van der Waals surface area contributed by atoms with Crippen molar-refractivity contribution < 1.29 is 9.32 Å². The largest absolute Gasteiger partial charge is 0.361 e. The summed E-state index contributed by atoms with van der Waals surface area (Å²) in [5.74, 6) is 1.09. The smallest absolute Gasteiger partial charge is 0.164 e. The number of hydrogen-bond donors (Lipinski definition) is 0. The average molecular weight is 244 g/mol. The van der Waals surface area contributed by atoms with Gasteiger partial charge in [0.15, 0.2) is 5.78 Å². The Morgan fingerprint density at radius 2 is 2.17 bits per heavy atom. The van der Waals surface area contributed by atoms with E-state index in [0.717, 1.165) is 41.2 Å². The molecule has 0 saturated carbocycles. The minimum atomic E-state index is 0.273. The molecule has 18 heavy (non-hydrogen) atoms. The van der Waals surface area contributed by atoms with Gasteiger partial charge >= 0.3 is 0 Å². The molecule has 2 heterocycles. The number of nitrogens with zero attached hydrogens (tertiary/aromatic N) is 2. The number of carbonyl (C=O) groups is 1. The Bertz CT molecular complexity index is 607. The fourth-order valence-corrected chi connectivity index (χ4v) is 2.67. The number of aryl methyl sites for hydroxylation is 2. The molecule has 0 atom stereocenters. The Labute approximate surface area is 106 Å². The Morgan fingerprint density at radius 3 is 2.89 bits per heavy atom. The molecule has 4 nitrogen and oxygen atoms in total. The van der Waals surface area contributed by atoms with Crippen LogP contribution in [0.1, 0.15) is 46.0 Å². The van der Waals surface area contributed by atoms with Crippen molar-refractivity contribution in [2.24, 2.45) is 0 Å². The zero-order chi connectivity index (χ0) is 12.7. The van der Waals surface area contributed by atoms with Crippen molar-refractivity contribution in [1.82, 2.24) is 9.72 Å². The summed E-state index contributed by atoms with van der Waals surface area (Å²) < 4.78 is 7.27. The highest BCUT2D eigenvalue weighted by Gasteiger charge is 2.22. The van der Waals surface area contributed by atoms with Gasteiger partial charge in [-0.05, 0) is 32.8 Å². The van der Waals surface area contributed by atoms with E-state index in [2.05, 4.69) is 9.72 Å². The lowest BCUT2D eigenvalue weighted by Crippen LogP contribution is -2.14. The SMILES string of the molecule is Cc1cc(Cn2c(C)cc3c2CCCC3=O)no1. The van der Waals surface area contributed by atoms with Crippen molar-refractivity contribution in [3.05, 3.63) is 40.5 Å². The first-order valence-electron chi connectivity index (χ1n) is 6.29. The lowest BCUT2D eigenvalue weighted by Gasteiger charge is -2.14. The highest BCUT2D eigenvalue weighted by Crippen LogP contribution is 2.25. The third-order valence-electron chi connectivity index (χ3n) is 3.53. The Kier molecular flexibility index (Phi) is 2.58. The van der Waals surface area contributed by atoms with Crippen LogP contribution in [-0.4, -0.2) is 15.5 Å². The second-order valence-electron chi connectivity index (χ2n) is 4.94. The van der Waals surface area contributed by atoms with E-state index in [4.69, 9.17) is 4.52 Å². The van der Waals surface area contributed by atoms with Gasteiger partial charge in [-0.25, -0.2) is 0 Å². The zero-order valence-corrected chi connectivity index (χ0v) is 10.7. The molecule has 0 spiro atoms. The first-order valence-corrected chi connectivity index (χ1v) is 6.29. The first-order chi connectivity index (χ1) is 8.65. The number of ketones is 1. The van der Waals surface area contributed by atoms with Gasteiger partial charge in [-0.2, -0.15) is 0 Å². The predicted octanol–water partition coefficient (Wildman–Crippen LogP) is 2.66. The van der Waals surface area contributed by atoms with Crippen LogP contribution in [0.3, 0.4) is 0 Å². The summed E-state index contributed by atoms with van der Waals surface area (Å²) in [5.41, 5.74) is 4.09. The number of fused-ring (bicyclic) bond motifs is 1. The van der Waals surface area contributed by atoms with Crippen molar-refractivity contribution in [1.29, 1.82) is 0 Å². The molecule has 0 unspecified atom stereocenters. The maximum absolute atomic E-state index is 11.9. The van der Waals surface area contributed by atoms with Crippen LogP contribution < -0.4 is 0 Å². The third kappa shape index (κ3) is 1.78. The maximum atomic E-state index is 11.9. The molecule has 0 amide bonds. The maximum Gasteiger partial charge on any atom is 0.164 e. The van der Waals surface area contributed by atoms with Crippen LogP contribution >= 0.6 is 0 Å². The van der Waals surface area contributed by atoms with Gasteiger partial charge in [0, 0.05) is 29.4 Å². The van der Waals surface area contributed by atoms with Gasteiger partial charge in [-0.3, -0.25) is 4.79 Å².